The van der Waals surface area contributed by atoms with Crippen molar-refractivity contribution in [2.24, 2.45) is 13.0 Å². The predicted octanol–water partition coefficient (Wildman–Crippen LogP) is 1.00. The van der Waals surface area contributed by atoms with Crippen LogP contribution in [0.3, 0.4) is 0 Å². The summed E-state index contributed by atoms with van der Waals surface area (Å²) in [6.45, 7) is 1.32. The van der Waals surface area contributed by atoms with Gasteiger partial charge in [0.15, 0.2) is 0 Å². The molecule has 0 unspecified atom stereocenters. The Morgan fingerprint density at radius 2 is 1.77 bits per heavy atom. The molecule has 1 aliphatic heterocycles. The van der Waals surface area contributed by atoms with Gasteiger partial charge in [0.1, 0.15) is 11.3 Å². The normalized spacial score (nSPS) is 14.1. The first-order chi connectivity index (χ1) is 14.9. The molecule has 0 bridgehead atoms. The lowest BCUT2D eigenvalue weighted by molar-refractivity contribution is -0.136. The zero-order valence-corrected chi connectivity index (χ0v) is 17.6. The summed E-state index contributed by atoms with van der Waals surface area (Å²) in [5.41, 5.74) is 0.261. The number of piperidine rings is 1. The molecule has 0 atom stereocenters. The number of para-hydroxylation sites is 2. The summed E-state index contributed by atoms with van der Waals surface area (Å²) in [7, 11) is 3.09. The molecule has 3 rings (SSSR count). The standard InChI is InChI=1S/C22H26N4O5/c1-25-11-5-6-16(21(25)29)22(30)26-12-9-15(10-13-26)14-23-19(27)20(28)24-17-7-3-4-8-18(17)31-2/h3-8,11,15H,9-10,12-14H2,1-2H3,(H,23,27)(H,24,28). The minimum absolute atomic E-state index is 0.144. The number of likely N-dealkylation sites (tertiary alicyclic amines) is 1. The molecule has 0 radical (unpaired) electrons. The number of aromatic nitrogens is 1. The molecule has 1 aromatic carbocycles. The molecule has 2 heterocycles. The average molecular weight is 426 g/mol. The quantitative estimate of drug-likeness (QED) is 0.694. The van der Waals surface area contributed by atoms with Crippen LogP contribution < -0.4 is 20.9 Å². The minimum Gasteiger partial charge on any atom is -0.495 e. The third kappa shape index (κ3) is 5.30. The molecule has 1 saturated heterocycles. The molecule has 9 nitrogen and oxygen atoms in total. The highest BCUT2D eigenvalue weighted by Gasteiger charge is 2.26. The lowest BCUT2D eigenvalue weighted by Crippen LogP contribution is -2.44. The fourth-order valence-electron chi connectivity index (χ4n) is 3.51. The Hall–Kier alpha value is -3.62. The molecule has 9 heteroatoms. The van der Waals surface area contributed by atoms with Gasteiger partial charge in [0.25, 0.3) is 11.5 Å². The lowest BCUT2D eigenvalue weighted by Gasteiger charge is -2.32. The van der Waals surface area contributed by atoms with Gasteiger partial charge in [0, 0.05) is 32.9 Å². The molecule has 0 aliphatic carbocycles. The highest BCUT2D eigenvalue weighted by atomic mass is 16.5. The van der Waals surface area contributed by atoms with Crippen LogP contribution in [0.25, 0.3) is 0 Å². The Labute approximate surface area is 180 Å². The molecule has 1 aromatic heterocycles. The number of aryl methyl sites for hydroxylation is 1. The van der Waals surface area contributed by atoms with E-state index in [4.69, 9.17) is 4.74 Å². The van der Waals surface area contributed by atoms with Crippen LogP contribution in [0.5, 0.6) is 5.75 Å². The molecule has 0 saturated carbocycles. The maximum Gasteiger partial charge on any atom is 0.313 e. The van der Waals surface area contributed by atoms with E-state index in [1.54, 1.807) is 48.5 Å². The van der Waals surface area contributed by atoms with E-state index in [0.717, 1.165) is 0 Å². The molecule has 1 aliphatic rings. The van der Waals surface area contributed by atoms with Gasteiger partial charge in [-0.3, -0.25) is 19.2 Å². The van der Waals surface area contributed by atoms with E-state index in [2.05, 4.69) is 10.6 Å². The van der Waals surface area contributed by atoms with Gasteiger partial charge < -0.3 is 24.8 Å². The molecule has 31 heavy (non-hydrogen) atoms. The van der Waals surface area contributed by atoms with Gasteiger partial charge in [-0.15, -0.1) is 0 Å². The number of rotatable bonds is 5. The van der Waals surface area contributed by atoms with Crippen molar-refractivity contribution in [2.75, 3.05) is 32.1 Å². The monoisotopic (exact) mass is 426 g/mol. The smallest absolute Gasteiger partial charge is 0.313 e. The van der Waals surface area contributed by atoms with Crippen molar-refractivity contribution >= 4 is 23.4 Å². The number of nitrogens with zero attached hydrogens (tertiary/aromatic N) is 2. The van der Waals surface area contributed by atoms with Gasteiger partial charge in [0.2, 0.25) is 0 Å². The molecule has 2 aromatic rings. The highest BCUT2D eigenvalue weighted by Crippen LogP contribution is 2.23. The summed E-state index contributed by atoms with van der Waals surface area (Å²) < 4.78 is 6.54. The Kier molecular flexibility index (Phi) is 7.07. The zero-order valence-electron chi connectivity index (χ0n) is 17.6. The van der Waals surface area contributed by atoms with Crippen LogP contribution in [-0.2, 0) is 16.6 Å². The first kappa shape index (κ1) is 22.1. The van der Waals surface area contributed by atoms with Crippen LogP contribution in [-0.4, -0.2) is 53.9 Å². The fourth-order valence-corrected chi connectivity index (χ4v) is 3.51. The van der Waals surface area contributed by atoms with Crippen LogP contribution in [0, 0.1) is 5.92 Å². The second kappa shape index (κ2) is 9.92. The number of carbonyl (C=O) groups is 3. The molecule has 0 spiro atoms. The topological polar surface area (TPSA) is 110 Å². The van der Waals surface area contributed by atoms with Gasteiger partial charge in [-0.1, -0.05) is 12.1 Å². The highest BCUT2D eigenvalue weighted by molar-refractivity contribution is 6.39. The van der Waals surface area contributed by atoms with Crippen molar-refractivity contribution in [2.45, 2.75) is 12.8 Å². The summed E-state index contributed by atoms with van der Waals surface area (Å²) in [4.78, 5) is 50.7. The summed E-state index contributed by atoms with van der Waals surface area (Å²) in [6, 6.07) is 10.0. The fraction of sp³-hybridized carbons (Fsp3) is 0.364. The SMILES string of the molecule is COc1ccccc1NC(=O)C(=O)NCC1CCN(C(=O)c2cccn(C)c2=O)CC1. The van der Waals surface area contributed by atoms with E-state index in [9.17, 15) is 19.2 Å². The summed E-state index contributed by atoms with van der Waals surface area (Å²) >= 11 is 0. The molecular formula is C22H26N4O5. The van der Waals surface area contributed by atoms with Crippen molar-refractivity contribution in [3.05, 3.63) is 58.5 Å². The molecular weight excluding hydrogens is 400 g/mol. The Balaban J connectivity index is 1.47. The lowest BCUT2D eigenvalue weighted by atomic mass is 9.96. The van der Waals surface area contributed by atoms with Gasteiger partial charge in [-0.25, -0.2) is 0 Å². The molecule has 2 N–H and O–H groups in total. The van der Waals surface area contributed by atoms with Gasteiger partial charge in [-0.2, -0.15) is 0 Å². The van der Waals surface area contributed by atoms with Crippen LogP contribution in [0.4, 0.5) is 5.69 Å². The number of hydrogen-bond donors (Lipinski definition) is 2. The summed E-state index contributed by atoms with van der Waals surface area (Å²) in [5.74, 6) is -1.16. The zero-order chi connectivity index (χ0) is 22.4. The van der Waals surface area contributed by atoms with Gasteiger partial charge in [-0.05, 0) is 43.0 Å². The van der Waals surface area contributed by atoms with Crippen molar-refractivity contribution < 1.29 is 19.1 Å². The maximum absolute atomic E-state index is 12.6. The van der Waals surface area contributed by atoms with E-state index >= 15 is 0 Å². The van der Waals surface area contributed by atoms with Gasteiger partial charge >= 0.3 is 11.8 Å². The van der Waals surface area contributed by atoms with Crippen LogP contribution in [0.15, 0.2) is 47.4 Å². The number of amides is 3. The van der Waals surface area contributed by atoms with Crippen molar-refractivity contribution in [3.63, 3.8) is 0 Å². The van der Waals surface area contributed by atoms with Crippen molar-refractivity contribution in [1.82, 2.24) is 14.8 Å². The van der Waals surface area contributed by atoms with Gasteiger partial charge in [0.05, 0.1) is 12.8 Å². The number of ether oxygens (including phenoxy) is 1. The third-order valence-electron chi connectivity index (χ3n) is 5.37. The number of pyridine rings is 1. The molecule has 164 valence electrons. The Bertz CT molecular complexity index is 1020. The van der Waals surface area contributed by atoms with E-state index in [1.807, 2.05) is 0 Å². The number of nitrogens with one attached hydrogen (secondary N) is 2. The van der Waals surface area contributed by atoms with Crippen molar-refractivity contribution in [3.8, 4) is 5.75 Å². The summed E-state index contributed by atoms with van der Waals surface area (Å²) in [5, 5.41) is 5.19. The van der Waals surface area contributed by atoms with Crippen LogP contribution in [0.1, 0.15) is 23.2 Å². The number of anilines is 1. The summed E-state index contributed by atoms with van der Waals surface area (Å²) in [6.07, 6.45) is 2.96. The predicted molar refractivity (Wildman–Crippen MR) is 115 cm³/mol. The van der Waals surface area contributed by atoms with Crippen molar-refractivity contribution in [1.29, 1.82) is 0 Å². The first-order valence-electron chi connectivity index (χ1n) is 10.1. The maximum atomic E-state index is 12.6. The second-order valence-corrected chi connectivity index (χ2v) is 7.44. The molecule has 3 amide bonds. The number of hydrogen-bond acceptors (Lipinski definition) is 5. The number of methoxy groups -OCH3 is 1. The first-order valence-corrected chi connectivity index (χ1v) is 10.1. The van der Waals surface area contributed by atoms with E-state index < -0.39 is 11.8 Å². The third-order valence-corrected chi connectivity index (χ3v) is 5.37. The largest absolute Gasteiger partial charge is 0.495 e. The van der Waals surface area contributed by atoms with Crippen LogP contribution >= 0.6 is 0 Å². The minimum atomic E-state index is -0.767. The number of carbonyl (C=O) groups excluding carboxylic acids is 3. The van der Waals surface area contributed by atoms with E-state index in [-0.39, 0.29) is 22.9 Å². The van der Waals surface area contributed by atoms with E-state index in [0.29, 0.717) is 43.9 Å². The van der Waals surface area contributed by atoms with Crippen LogP contribution in [0.2, 0.25) is 0 Å². The number of benzene rings is 1. The average Bonchev–Trinajstić information content (AvgIpc) is 2.79. The Morgan fingerprint density at radius 1 is 1.06 bits per heavy atom. The Morgan fingerprint density at radius 3 is 2.48 bits per heavy atom. The van der Waals surface area contributed by atoms with E-state index in [1.165, 1.54) is 17.7 Å². The second-order valence-electron chi connectivity index (χ2n) is 7.44. The molecule has 1 fully saturated rings.